The summed E-state index contributed by atoms with van der Waals surface area (Å²) in [5.41, 5.74) is 14.9. The molecule has 2 unspecified atom stereocenters. The maximum absolute atomic E-state index is 6.02. The Hall–Kier alpha value is -1.64. The molecule has 29 heavy (non-hydrogen) atoms. The van der Waals surface area contributed by atoms with E-state index in [4.69, 9.17) is 11.5 Å². The molecule has 0 radical (unpaired) electrons. The van der Waals surface area contributed by atoms with E-state index in [1.54, 1.807) is 0 Å². The molecule has 2 atom stereocenters. The molecule has 0 aliphatic carbocycles. The maximum Gasteiger partial charge on any atom is -0.00489 e. The van der Waals surface area contributed by atoms with Crippen molar-refractivity contribution in [3.05, 3.63) is 71.8 Å². The zero-order valence-corrected chi connectivity index (χ0v) is 18.3. The van der Waals surface area contributed by atoms with Crippen LogP contribution in [0.15, 0.2) is 60.7 Å². The summed E-state index contributed by atoms with van der Waals surface area (Å²) in [6.45, 7) is 1.67. The van der Waals surface area contributed by atoms with Gasteiger partial charge in [0.1, 0.15) is 0 Å². The molecule has 0 aliphatic rings. The van der Waals surface area contributed by atoms with Crippen LogP contribution < -0.4 is 11.5 Å². The third-order valence-corrected chi connectivity index (χ3v) is 6.23. The molecule has 2 aromatic rings. The first kappa shape index (κ1) is 23.6. The normalized spacial score (nSPS) is 13.3. The van der Waals surface area contributed by atoms with E-state index in [0.717, 1.165) is 13.1 Å². The number of benzene rings is 2. The van der Waals surface area contributed by atoms with E-state index in [0.29, 0.717) is 11.8 Å². The number of aryl methyl sites for hydroxylation is 2. The van der Waals surface area contributed by atoms with E-state index in [-0.39, 0.29) is 0 Å². The zero-order chi connectivity index (χ0) is 20.6. The first-order valence-electron chi connectivity index (χ1n) is 11.8. The molecule has 0 aliphatic heterocycles. The average molecular weight is 395 g/mol. The molecule has 0 saturated carbocycles. The standard InChI is InChI=1S/C27H42N2/c28-22-26(20-10-18-24-12-4-1-5-13-24)16-8-3-9-17-27(23-29)21-11-19-25-14-6-2-7-15-25/h1-2,4-7,12-15,26-27H,3,8-11,16-23,28-29H2. The highest BCUT2D eigenvalue weighted by atomic mass is 14.5. The summed E-state index contributed by atoms with van der Waals surface area (Å²) in [7, 11) is 0. The van der Waals surface area contributed by atoms with Crippen molar-refractivity contribution in [1.29, 1.82) is 0 Å². The van der Waals surface area contributed by atoms with Gasteiger partial charge in [0.25, 0.3) is 0 Å². The van der Waals surface area contributed by atoms with E-state index in [9.17, 15) is 0 Å². The number of nitrogens with two attached hydrogens (primary N) is 2. The summed E-state index contributed by atoms with van der Waals surface area (Å²) in [5, 5.41) is 0. The van der Waals surface area contributed by atoms with Crippen molar-refractivity contribution in [2.24, 2.45) is 23.3 Å². The molecule has 2 nitrogen and oxygen atoms in total. The summed E-state index contributed by atoms with van der Waals surface area (Å²) >= 11 is 0. The quantitative estimate of drug-likeness (QED) is 0.336. The van der Waals surface area contributed by atoms with Crippen LogP contribution in [0, 0.1) is 11.8 Å². The lowest BCUT2D eigenvalue weighted by molar-refractivity contribution is 0.395. The van der Waals surface area contributed by atoms with Crippen LogP contribution >= 0.6 is 0 Å². The monoisotopic (exact) mass is 394 g/mol. The number of hydrogen-bond donors (Lipinski definition) is 2. The van der Waals surface area contributed by atoms with Gasteiger partial charge in [-0.15, -0.1) is 0 Å². The van der Waals surface area contributed by atoms with Gasteiger partial charge in [0.2, 0.25) is 0 Å². The second-order valence-corrected chi connectivity index (χ2v) is 8.60. The van der Waals surface area contributed by atoms with Gasteiger partial charge >= 0.3 is 0 Å². The summed E-state index contributed by atoms with van der Waals surface area (Å²) in [4.78, 5) is 0. The lowest BCUT2D eigenvalue weighted by Gasteiger charge is -2.16. The number of hydrogen-bond acceptors (Lipinski definition) is 2. The predicted molar refractivity (Wildman–Crippen MR) is 127 cm³/mol. The van der Waals surface area contributed by atoms with Gasteiger partial charge in [-0.1, -0.05) is 79.9 Å². The topological polar surface area (TPSA) is 52.0 Å². The minimum atomic E-state index is 0.690. The van der Waals surface area contributed by atoms with Gasteiger partial charge in [0, 0.05) is 0 Å². The number of unbranched alkanes of at least 4 members (excludes halogenated alkanes) is 2. The highest BCUT2D eigenvalue weighted by molar-refractivity contribution is 5.15. The Labute approximate surface area is 179 Å². The minimum Gasteiger partial charge on any atom is -0.330 e. The molecule has 2 heteroatoms. The lowest BCUT2D eigenvalue weighted by atomic mass is 9.91. The molecular weight excluding hydrogens is 352 g/mol. The summed E-state index contributed by atoms with van der Waals surface area (Å²) < 4.78 is 0. The van der Waals surface area contributed by atoms with Crippen LogP contribution in [0.1, 0.15) is 68.9 Å². The van der Waals surface area contributed by atoms with Crippen LogP contribution in [0.4, 0.5) is 0 Å². The van der Waals surface area contributed by atoms with Crippen LogP contribution in [0.2, 0.25) is 0 Å². The van der Waals surface area contributed by atoms with Gasteiger partial charge in [-0.2, -0.15) is 0 Å². The van der Waals surface area contributed by atoms with E-state index in [1.165, 1.54) is 81.8 Å². The van der Waals surface area contributed by atoms with E-state index in [2.05, 4.69) is 60.7 Å². The van der Waals surface area contributed by atoms with Crippen molar-refractivity contribution in [2.75, 3.05) is 13.1 Å². The molecule has 0 spiro atoms. The number of rotatable bonds is 16. The van der Waals surface area contributed by atoms with Crippen molar-refractivity contribution in [2.45, 2.75) is 70.6 Å². The van der Waals surface area contributed by atoms with Crippen LogP contribution in [0.5, 0.6) is 0 Å². The molecule has 0 aromatic heterocycles. The van der Waals surface area contributed by atoms with Crippen molar-refractivity contribution >= 4 is 0 Å². The van der Waals surface area contributed by atoms with Crippen LogP contribution in [0.25, 0.3) is 0 Å². The van der Waals surface area contributed by atoms with E-state index < -0.39 is 0 Å². The Morgan fingerprint density at radius 3 is 1.24 bits per heavy atom. The van der Waals surface area contributed by atoms with Gasteiger partial charge in [-0.3, -0.25) is 0 Å². The average Bonchev–Trinajstić information content (AvgIpc) is 2.78. The van der Waals surface area contributed by atoms with Crippen molar-refractivity contribution in [1.82, 2.24) is 0 Å². The van der Waals surface area contributed by atoms with Gasteiger partial charge < -0.3 is 11.5 Å². The minimum absolute atomic E-state index is 0.690. The molecule has 0 fully saturated rings. The van der Waals surface area contributed by atoms with Crippen LogP contribution in [0.3, 0.4) is 0 Å². The van der Waals surface area contributed by atoms with Gasteiger partial charge in [-0.05, 0) is 87.4 Å². The first-order chi connectivity index (χ1) is 14.3. The van der Waals surface area contributed by atoms with Gasteiger partial charge in [0.05, 0.1) is 0 Å². The maximum atomic E-state index is 6.02. The molecule has 0 bridgehead atoms. The smallest absolute Gasteiger partial charge is 0.00489 e. The Morgan fingerprint density at radius 2 is 0.862 bits per heavy atom. The SMILES string of the molecule is NCC(CCCCCC(CN)CCCc1ccccc1)CCCc1ccccc1. The third kappa shape index (κ3) is 10.6. The Balaban J connectivity index is 1.50. The van der Waals surface area contributed by atoms with Gasteiger partial charge in [-0.25, -0.2) is 0 Å². The van der Waals surface area contributed by atoms with E-state index >= 15 is 0 Å². The molecule has 4 N–H and O–H groups in total. The highest BCUT2D eigenvalue weighted by Crippen LogP contribution is 2.20. The first-order valence-corrected chi connectivity index (χ1v) is 11.8. The Bertz CT molecular complexity index is 555. The Morgan fingerprint density at radius 1 is 0.483 bits per heavy atom. The fourth-order valence-corrected chi connectivity index (χ4v) is 4.28. The molecule has 0 heterocycles. The molecule has 0 amide bonds. The summed E-state index contributed by atoms with van der Waals surface area (Å²) in [6, 6.07) is 21.6. The van der Waals surface area contributed by atoms with Gasteiger partial charge in [0.15, 0.2) is 0 Å². The fourth-order valence-electron chi connectivity index (χ4n) is 4.28. The Kier molecular flexibility index (Phi) is 12.4. The van der Waals surface area contributed by atoms with Crippen LogP contribution in [-0.4, -0.2) is 13.1 Å². The predicted octanol–water partition coefficient (Wildman–Crippen LogP) is 6.13. The van der Waals surface area contributed by atoms with Crippen molar-refractivity contribution < 1.29 is 0 Å². The van der Waals surface area contributed by atoms with E-state index in [1.807, 2.05) is 0 Å². The molecule has 2 aromatic carbocycles. The van der Waals surface area contributed by atoms with Crippen LogP contribution in [-0.2, 0) is 12.8 Å². The van der Waals surface area contributed by atoms with Crippen molar-refractivity contribution in [3.8, 4) is 0 Å². The second kappa shape index (κ2) is 15.2. The van der Waals surface area contributed by atoms with Crippen molar-refractivity contribution in [3.63, 3.8) is 0 Å². The second-order valence-electron chi connectivity index (χ2n) is 8.60. The fraction of sp³-hybridized carbons (Fsp3) is 0.556. The summed E-state index contributed by atoms with van der Waals surface area (Å²) in [5.74, 6) is 1.38. The molecule has 0 saturated heterocycles. The third-order valence-electron chi connectivity index (χ3n) is 6.23. The molecule has 160 valence electrons. The highest BCUT2D eigenvalue weighted by Gasteiger charge is 2.09. The molecule has 2 rings (SSSR count). The zero-order valence-electron chi connectivity index (χ0n) is 18.3. The largest absolute Gasteiger partial charge is 0.330 e. The molecular formula is C27H42N2. The summed E-state index contributed by atoms with van der Waals surface area (Å²) in [6.07, 6.45) is 13.9. The lowest BCUT2D eigenvalue weighted by Crippen LogP contribution is -2.15.